The summed E-state index contributed by atoms with van der Waals surface area (Å²) in [6.07, 6.45) is 5.41. The Kier molecular flexibility index (Phi) is 9.81. The van der Waals surface area contributed by atoms with Crippen molar-refractivity contribution < 1.29 is 0 Å². The highest BCUT2D eigenvalue weighted by atomic mass is 14.9. The lowest BCUT2D eigenvalue weighted by molar-refractivity contribution is 0.312. The highest BCUT2D eigenvalue weighted by Crippen LogP contribution is 2.22. The topological polar surface area (TPSA) is 12.0 Å². The van der Waals surface area contributed by atoms with Crippen LogP contribution in [0.1, 0.15) is 74.1 Å². The van der Waals surface area contributed by atoms with Gasteiger partial charge in [-0.05, 0) is 62.8 Å². The third-order valence-corrected chi connectivity index (χ3v) is 3.48. The van der Waals surface area contributed by atoms with Crippen LogP contribution in [0.15, 0.2) is 0 Å². The van der Waals surface area contributed by atoms with E-state index in [1.165, 1.54) is 32.2 Å². The van der Waals surface area contributed by atoms with E-state index in [0.717, 1.165) is 23.7 Å². The Bertz CT molecular complexity index is 174. The second kappa shape index (κ2) is 9.83. The van der Waals surface area contributed by atoms with Crippen LogP contribution in [0, 0.1) is 23.7 Å². The third-order valence-electron chi connectivity index (χ3n) is 3.48. The summed E-state index contributed by atoms with van der Waals surface area (Å²) in [4.78, 5) is 0. The number of hydrogen-bond donors (Lipinski definition) is 1. The molecule has 110 valence electrons. The summed E-state index contributed by atoms with van der Waals surface area (Å²) in [5.41, 5.74) is 0. The molecule has 1 unspecified atom stereocenters. The normalized spacial score (nSPS) is 14.2. The van der Waals surface area contributed by atoms with Crippen molar-refractivity contribution >= 4 is 0 Å². The van der Waals surface area contributed by atoms with Crippen molar-refractivity contribution in [3.63, 3.8) is 0 Å². The largest absolute Gasteiger partial charge is 0.314 e. The standard InChI is InChI=1S/C17H37N/c1-13(2)10-16(7)18-9-8-17(11-14(3)4)12-15(5)6/h13-18H,8-12H2,1-7H3. The van der Waals surface area contributed by atoms with Gasteiger partial charge in [0.2, 0.25) is 0 Å². The van der Waals surface area contributed by atoms with Crippen LogP contribution in [0.5, 0.6) is 0 Å². The number of rotatable bonds is 10. The molecular formula is C17H37N. The van der Waals surface area contributed by atoms with Crippen molar-refractivity contribution in [2.75, 3.05) is 6.54 Å². The summed E-state index contributed by atoms with van der Waals surface area (Å²) >= 11 is 0. The minimum atomic E-state index is 0.670. The van der Waals surface area contributed by atoms with E-state index < -0.39 is 0 Å². The Labute approximate surface area is 116 Å². The van der Waals surface area contributed by atoms with Crippen molar-refractivity contribution in [3.05, 3.63) is 0 Å². The molecule has 0 aromatic rings. The fourth-order valence-corrected chi connectivity index (χ4v) is 2.99. The van der Waals surface area contributed by atoms with Gasteiger partial charge in [-0.1, -0.05) is 41.5 Å². The van der Waals surface area contributed by atoms with Crippen LogP contribution in [-0.4, -0.2) is 12.6 Å². The van der Waals surface area contributed by atoms with Crippen LogP contribution in [0.3, 0.4) is 0 Å². The van der Waals surface area contributed by atoms with Gasteiger partial charge in [0.05, 0.1) is 0 Å². The second-order valence-electron chi connectivity index (χ2n) is 7.40. The van der Waals surface area contributed by atoms with Gasteiger partial charge in [0.15, 0.2) is 0 Å². The number of hydrogen-bond acceptors (Lipinski definition) is 1. The van der Waals surface area contributed by atoms with E-state index in [1.54, 1.807) is 0 Å². The molecular weight excluding hydrogens is 218 g/mol. The Morgan fingerprint density at radius 3 is 1.50 bits per heavy atom. The maximum atomic E-state index is 3.69. The molecule has 0 heterocycles. The average Bonchev–Trinajstić information content (AvgIpc) is 2.13. The zero-order valence-corrected chi connectivity index (χ0v) is 13.9. The molecule has 0 radical (unpaired) electrons. The molecule has 0 amide bonds. The summed E-state index contributed by atoms with van der Waals surface area (Å²) in [5, 5.41) is 3.69. The highest BCUT2D eigenvalue weighted by Gasteiger charge is 2.13. The van der Waals surface area contributed by atoms with Crippen LogP contribution < -0.4 is 5.32 Å². The molecule has 0 bridgehead atoms. The molecule has 1 atom stereocenters. The SMILES string of the molecule is CC(C)CC(CCNC(C)CC(C)C)CC(C)C. The molecule has 1 N–H and O–H groups in total. The lowest BCUT2D eigenvalue weighted by Crippen LogP contribution is -2.29. The van der Waals surface area contributed by atoms with Crippen molar-refractivity contribution in [3.8, 4) is 0 Å². The lowest BCUT2D eigenvalue weighted by atomic mass is 9.87. The molecule has 0 aromatic carbocycles. The maximum absolute atomic E-state index is 3.69. The maximum Gasteiger partial charge on any atom is 0.00411 e. The molecule has 0 fully saturated rings. The van der Waals surface area contributed by atoms with Crippen LogP contribution >= 0.6 is 0 Å². The van der Waals surface area contributed by atoms with Gasteiger partial charge in [-0.2, -0.15) is 0 Å². The Morgan fingerprint density at radius 1 is 0.667 bits per heavy atom. The molecule has 0 aliphatic rings. The van der Waals surface area contributed by atoms with E-state index in [-0.39, 0.29) is 0 Å². The molecule has 0 saturated carbocycles. The van der Waals surface area contributed by atoms with E-state index in [9.17, 15) is 0 Å². The molecule has 0 aliphatic carbocycles. The second-order valence-corrected chi connectivity index (χ2v) is 7.40. The minimum Gasteiger partial charge on any atom is -0.314 e. The van der Waals surface area contributed by atoms with E-state index in [1.807, 2.05) is 0 Å². The molecule has 0 saturated heterocycles. The van der Waals surface area contributed by atoms with Crippen molar-refractivity contribution in [2.45, 2.75) is 80.2 Å². The Morgan fingerprint density at radius 2 is 1.11 bits per heavy atom. The molecule has 0 rings (SSSR count). The van der Waals surface area contributed by atoms with Crippen LogP contribution in [0.4, 0.5) is 0 Å². The van der Waals surface area contributed by atoms with Gasteiger partial charge in [0, 0.05) is 6.04 Å². The summed E-state index contributed by atoms with van der Waals surface area (Å²) in [7, 11) is 0. The van der Waals surface area contributed by atoms with Gasteiger partial charge < -0.3 is 5.32 Å². The van der Waals surface area contributed by atoms with Crippen LogP contribution in [-0.2, 0) is 0 Å². The molecule has 0 aromatic heterocycles. The van der Waals surface area contributed by atoms with E-state index in [4.69, 9.17) is 0 Å². The van der Waals surface area contributed by atoms with Gasteiger partial charge >= 0.3 is 0 Å². The van der Waals surface area contributed by atoms with Gasteiger partial charge in [0.1, 0.15) is 0 Å². The third kappa shape index (κ3) is 11.1. The monoisotopic (exact) mass is 255 g/mol. The quantitative estimate of drug-likeness (QED) is 0.572. The first-order valence-corrected chi connectivity index (χ1v) is 8.04. The Hall–Kier alpha value is -0.0400. The lowest BCUT2D eigenvalue weighted by Gasteiger charge is -2.23. The molecule has 0 aliphatic heterocycles. The fourth-order valence-electron chi connectivity index (χ4n) is 2.99. The first-order valence-electron chi connectivity index (χ1n) is 8.04. The highest BCUT2D eigenvalue weighted by molar-refractivity contribution is 4.68. The van der Waals surface area contributed by atoms with E-state index in [2.05, 4.69) is 53.8 Å². The van der Waals surface area contributed by atoms with Crippen molar-refractivity contribution in [1.82, 2.24) is 5.32 Å². The summed E-state index contributed by atoms with van der Waals surface area (Å²) in [6.45, 7) is 17.5. The number of nitrogens with one attached hydrogen (secondary N) is 1. The van der Waals surface area contributed by atoms with Crippen molar-refractivity contribution in [1.29, 1.82) is 0 Å². The summed E-state index contributed by atoms with van der Waals surface area (Å²) in [5.74, 6) is 3.38. The average molecular weight is 255 g/mol. The zero-order chi connectivity index (χ0) is 14.1. The zero-order valence-electron chi connectivity index (χ0n) is 13.9. The van der Waals surface area contributed by atoms with Gasteiger partial charge in [-0.3, -0.25) is 0 Å². The summed E-state index contributed by atoms with van der Waals surface area (Å²) in [6, 6.07) is 0.670. The molecule has 18 heavy (non-hydrogen) atoms. The first kappa shape index (κ1) is 18.0. The fraction of sp³-hybridized carbons (Fsp3) is 1.00. The van der Waals surface area contributed by atoms with E-state index >= 15 is 0 Å². The predicted octanol–water partition coefficient (Wildman–Crippen LogP) is 5.11. The van der Waals surface area contributed by atoms with Gasteiger partial charge in [-0.15, -0.1) is 0 Å². The minimum absolute atomic E-state index is 0.670. The van der Waals surface area contributed by atoms with Crippen molar-refractivity contribution in [2.24, 2.45) is 23.7 Å². The molecule has 1 nitrogen and oxygen atoms in total. The predicted molar refractivity (Wildman–Crippen MR) is 83.9 cm³/mol. The smallest absolute Gasteiger partial charge is 0.00411 e. The van der Waals surface area contributed by atoms with Gasteiger partial charge in [-0.25, -0.2) is 0 Å². The Balaban J connectivity index is 3.87. The van der Waals surface area contributed by atoms with Crippen LogP contribution in [0.25, 0.3) is 0 Å². The molecule has 0 spiro atoms. The van der Waals surface area contributed by atoms with Crippen LogP contribution in [0.2, 0.25) is 0 Å². The summed E-state index contributed by atoms with van der Waals surface area (Å²) < 4.78 is 0. The first-order chi connectivity index (χ1) is 8.31. The molecule has 1 heteroatoms. The van der Waals surface area contributed by atoms with E-state index in [0.29, 0.717) is 6.04 Å². The van der Waals surface area contributed by atoms with Gasteiger partial charge in [0.25, 0.3) is 0 Å².